The van der Waals surface area contributed by atoms with Gasteiger partial charge in [-0.3, -0.25) is 5.10 Å². The third kappa shape index (κ3) is 2.47. The van der Waals surface area contributed by atoms with E-state index in [1.807, 2.05) is 6.20 Å². The Morgan fingerprint density at radius 1 is 1.32 bits per heavy atom. The lowest BCUT2D eigenvalue weighted by Gasteiger charge is -2.10. The van der Waals surface area contributed by atoms with Crippen molar-refractivity contribution in [2.24, 2.45) is 0 Å². The Hall–Kier alpha value is -2.23. The van der Waals surface area contributed by atoms with E-state index in [2.05, 4.69) is 63.5 Å². The van der Waals surface area contributed by atoms with Gasteiger partial charge in [-0.15, -0.1) is 0 Å². The van der Waals surface area contributed by atoms with Crippen LogP contribution in [0.1, 0.15) is 19.0 Å². The lowest BCUT2D eigenvalue weighted by molar-refractivity contribution is 0.654. The van der Waals surface area contributed by atoms with Crippen LogP contribution >= 0.6 is 0 Å². The molecule has 3 rings (SSSR count). The largest absolute Gasteiger partial charge is 0.379 e. The van der Waals surface area contributed by atoms with E-state index in [0.29, 0.717) is 0 Å². The molecule has 0 aliphatic heterocycles. The summed E-state index contributed by atoms with van der Waals surface area (Å²) in [4.78, 5) is 0. The van der Waals surface area contributed by atoms with Gasteiger partial charge in [-0.2, -0.15) is 5.10 Å². The molecule has 0 fully saturated rings. The van der Waals surface area contributed by atoms with Crippen molar-refractivity contribution in [1.29, 1.82) is 0 Å². The van der Waals surface area contributed by atoms with Crippen molar-refractivity contribution in [1.82, 2.24) is 14.8 Å². The average molecular weight is 254 g/mol. The molecule has 4 nitrogen and oxygen atoms in total. The SMILES string of the molecule is CCCn1cccc1CNc1ccc2cn[nH]c2c1. The Labute approximate surface area is 112 Å². The molecule has 0 bridgehead atoms. The standard InChI is InChI=1S/C15H18N4/c1-2-7-19-8-3-4-14(19)11-16-13-6-5-12-10-17-18-15(12)9-13/h3-6,8-10,16H,2,7,11H2,1H3,(H,17,18). The van der Waals surface area contributed by atoms with Crippen molar-refractivity contribution in [2.75, 3.05) is 5.32 Å². The van der Waals surface area contributed by atoms with Gasteiger partial charge in [-0.05, 0) is 36.8 Å². The lowest BCUT2D eigenvalue weighted by Crippen LogP contribution is -2.06. The lowest BCUT2D eigenvalue weighted by atomic mass is 10.2. The zero-order chi connectivity index (χ0) is 13.1. The quantitative estimate of drug-likeness (QED) is 0.733. The maximum Gasteiger partial charge on any atom is 0.0670 e. The topological polar surface area (TPSA) is 45.6 Å². The zero-order valence-corrected chi connectivity index (χ0v) is 11.1. The number of hydrogen-bond donors (Lipinski definition) is 2. The molecule has 3 aromatic rings. The predicted octanol–water partition coefficient (Wildman–Crippen LogP) is 3.39. The van der Waals surface area contributed by atoms with Crippen LogP contribution in [0.5, 0.6) is 0 Å². The molecule has 0 saturated heterocycles. The number of aromatic amines is 1. The summed E-state index contributed by atoms with van der Waals surface area (Å²) in [5, 5.41) is 11.6. The second kappa shape index (κ2) is 5.18. The van der Waals surface area contributed by atoms with E-state index in [4.69, 9.17) is 0 Å². The van der Waals surface area contributed by atoms with Gasteiger partial charge in [-0.1, -0.05) is 6.92 Å². The monoisotopic (exact) mass is 254 g/mol. The number of benzene rings is 1. The Kier molecular flexibility index (Phi) is 3.23. The van der Waals surface area contributed by atoms with Crippen LogP contribution in [0.25, 0.3) is 10.9 Å². The number of anilines is 1. The van der Waals surface area contributed by atoms with Gasteiger partial charge >= 0.3 is 0 Å². The minimum absolute atomic E-state index is 0.840. The Morgan fingerprint density at radius 2 is 2.26 bits per heavy atom. The molecule has 4 heteroatoms. The summed E-state index contributed by atoms with van der Waals surface area (Å²) in [6, 6.07) is 10.5. The van der Waals surface area contributed by atoms with Crippen molar-refractivity contribution in [3.05, 3.63) is 48.4 Å². The van der Waals surface area contributed by atoms with Crippen molar-refractivity contribution >= 4 is 16.6 Å². The summed E-state index contributed by atoms with van der Waals surface area (Å²) >= 11 is 0. The summed E-state index contributed by atoms with van der Waals surface area (Å²) in [7, 11) is 0. The molecule has 0 atom stereocenters. The second-order valence-electron chi connectivity index (χ2n) is 4.72. The summed E-state index contributed by atoms with van der Waals surface area (Å²) < 4.78 is 2.29. The molecule has 2 aromatic heterocycles. The van der Waals surface area contributed by atoms with Crippen LogP contribution in [0, 0.1) is 0 Å². The highest BCUT2D eigenvalue weighted by Gasteiger charge is 2.01. The Morgan fingerprint density at radius 3 is 3.16 bits per heavy atom. The van der Waals surface area contributed by atoms with E-state index < -0.39 is 0 Å². The van der Waals surface area contributed by atoms with Crippen LogP contribution in [0.2, 0.25) is 0 Å². The van der Waals surface area contributed by atoms with E-state index >= 15 is 0 Å². The number of H-pyrrole nitrogens is 1. The number of hydrogen-bond acceptors (Lipinski definition) is 2. The first-order valence-corrected chi connectivity index (χ1v) is 6.68. The third-order valence-electron chi connectivity index (χ3n) is 3.30. The number of rotatable bonds is 5. The van der Waals surface area contributed by atoms with Gasteiger partial charge < -0.3 is 9.88 Å². The fourth-order valence-electron chi connectivity index (χ4n) is 2.31. The van der Waals surface area contributed by atoms with E-state index in [-0.39, 0.29) is 0 Å². The van der Waals surface area contributed by atoms with Gasteiger partial charge in [-0.25, -0.2) is 0 Å². The average Bonchev–Trinajstić information content (AvgIpc) is 3.05. The molecule has 0 aliphatic carbocycles. The maximum atomic E-state index is 4.03. The molecule has 0 amide bonds. The first kappa shape index (κ1) is 11.8. The van der Waals surface area contributed by atoms with Gasteiger partial charge in [0.2, 0.25) is 0 Å². The van der Waals surface area contributed by atoms with Crippen molar-refractivity contribution < 1.29 is 0 Å². The number of fused-ring (bicyclic) bond motifs is 1. The summed E-state index contributed by atoms with van der Waals surface area (Å²) in [5.74, 6) is 0. The Bertz CT molecular complexity index is 665. The fraction of sp³-hybridized carbons (Fsp3) is 0.267. The van der Waals surface area contributed by atoms with Crippen molar-refractivity contribution in [3.63, 3.8) is 0 Å². The van der Waals surface area contributed by atoms with E-state index in [9.17, 15) is 0 Å². The minimum Gasteiger partial charge on any atom is -0.379 e. The highest BCUT2D eigenvalue weighted by Crippen LogP contribution is 2.17. The van der Waals surface area contributed by atoms with E-state index in [1.54, 1.807) is 0 Å². The number of nitrogens with zero attached hydrogens (tertiary/aromatic N) is 2. The molecule has 1 aromatic carbocycles. The van der Waals surface area contributed by atoms with E-state index in [0.717, 1.165) is 36.1 Å². The predicted molar refractivity (Wildman–Crippen MR) is 78.1 cm³/mol. The second-order valence-corrected chi connectivity index (χ2v) is 4.72. The molecule has 19 heavy (non-hydrogen) atoms. The smallest absolute Gasteiger partial charge is 0.0670 e. The molecular weight excluding hydrogens is 236 g/mol. The fourth-order valence-corrected chi connectivity index (χ4v) is 2.31. The number of aromatic nitrogens is 3. The molecule has 98 valence electrons. The first-order chi connectivity index (χ1) is 9.36. The van der Waals surface area contributed by atoms with Crippen molar-refractivity contribution in [2.45, 2.75) is 26.4 Å². The van der Waals surface area contributed by atoms with Crippen LogP contribution in [0.3, 0.4) is 0 Å². The number of nitrogens with one attached hydrogen (secondary N) is 2. The first-order valence-electron chi connectivity index (χ1n) is 6.68. The summed E-state index contributed by atoms with van der Waals surface area (Å²) in [6.07, 6.45) is 5.13. The van der Waals surface area contributed by atoms with Gasteiger partial charge in [0.25, 0.3) is 0 Å². The summed E-state index contributed by atoms with van der Waals surface area (Å²) in [6.45, 7) is 4.11. The van der Waals surface area contributed by atoms with Crippen molar-refractivity contribution in [3.8, 4) is 0 Å². The van der Waals surface area contributed by atoms with Gasteiger partial charge in [0.05, 0.1) is 18.3 Å². The normalized spacial score (nSPS) is 11.0. The highest BCUT2D eigenvalue weighted by molar-refractivity contribution is 5.81. The molecule has 0 radical (unpaired) electrons. The third-order valence-corrected chi connectivity index (χ3v) is 3.30. The minimum atomic E-state index is 0.840. The maximum absolute atomic E-state index is 4.03. The Balaban J connectivity index is 1.72. The van der Waals surface area contributed by atoms with Crippen LogP contribution in [0.15, 0.2) is 42.7 Å². The van der Waals surface area contributed by atoms with Gasteiger partial charge in [0.1, 0.15) is 0 Å². The van der Waals surface area contributed by atoms with Crippen LogP contribution < -0.4 is 5.32 Å². The molecule has 2 heterocycles. The molecular formula is C15H18N4. The molecule has 0 saturated carbocycles. The summed E-state index contributed by atoms with van der Waals surface area (Å²) in [5.41, 5.74) is 3.49. The zero-order valence-electron chi connectivity index (χ0n) is 11.1. The highest BCUT2D eigenvalue weighted by atomic mass is 15.1. The molecule has 0 spiro atoms. The van der Waals surface area contributed by atoms with Gasteiger partial charge in [0.15, 0.2) is 0 Å². The molecule has 2 N–H and O–H groups in total. The number of aryl methyl sites for hydroxylation is 1. The van der Waals surface area contributed by atoms with Crippen LogP contribution in [-0.2, 0) is 13.1 Å². The van der Waals surface area contributed by atoms with E-state index in [1.165, 1.54) is 5.69 Å². The van der Waals surface area contributed by atoms with Gasteiger partial charge in [0, 0.05) is 29.5 Å². The molecule has 0 aliphatic rings. The van der Waals surface area contributed by atoms with Crippen LogP contribution in [-0.4, -0.2) is 14.8 Å². The molecule has 0 unspecified atom stereocenters. The van der Waals surface area contributed by atoms with Crippen LogP contribution in [0.4, 0.5) is 5.69 Å².